The van der Waals surface area contributed by atoms with E-state index in [1.807, 2.05) is 23.1 Å². The van der Waals surface area contributed by atoms with E-state index in [2.05, 4.69) is 4.98 Å². The number of likely N-dealkylation sites (tertiary alicyclic amines) is 1. The Hall–Kier alpha value is -3.08. The predicted octanol–water partition coefficient (Wildman–Crippen LogP) is 4.18. The van der Waals surface area contributed by atoms with Crippen LogP contribution in [0.1, 0.15) is 46.2 Å². The van der Waals surface area contributed by atoms with Crippen molar-refractivity contribution in [1.82, 2.24) is 14.9 Å². The van der Waals surface area contributed by atoms with Gasteiger partial charge in [0, 0.05) is 31.1 Å². The second kappa shape index (κ2) is 7.66. The summed E-state index contributed by atoms with van der Waals surface area (Å²) < 4.78 is 13.1. The van der Waals surface area contributed by atoms with E-state index in [1.54, 1.807) is 36.7 Å². The maximum Gasteiger partial charge on any atom is 0.255 e. The lowest BCUT2D eigenvalue weighted by Crippen LogP contribution is -2.31. The summed E-state index contributed by atoms with van der Waals surface area (Å²) in [7, 11) is 0. The van der Waals surface area contributed by atoms with Crippen LogP contribution in [-0.4, -0.2) is 27.3 Å². The minimum Gasteiger partial charge on any atom is -0.330 e. The average Bonchev–Trinajstić information content (AvgIpc) is 3.20. The number of carbonyl (C=O) groups is 1. The molecule has 136 valence electrons. The molecule has 1 aliphatic heterocycles. The van der Waals surface area contributed by atoms with Gasteiger partial charge in [0.1, 0.15) is 5.82 Å². The van der Waals surface area contributed by atoms with E-state index >= 15 is 0 Å². The number of rotatable bonds is 4. The molecule has 0 bridgehead atoms. The summed E-state index contributed by atoms with van der Waals surface area (Å²) in [6, 6.07) is 16.0. The molecule has 1 amide bonds. The summed E-state index contributed by atoms with van der Waals surface area (Å²) in [5.41, 5.74) is 3.44. The van der Waals surface area contributed by atoms with Gasteiger partial charge in [-0.25, -0.2) is 4.39 Å². The molecule has 0 unspecified atom stereocenters. The third kappa shape index (κ3) is 3.87. The van der Waals surface area contributed by atoms with Gasteiger partial charge in [-0.15, -0.1) is 0 Å². The Morgan fingerprint density at radius 1 is 1.11 bits per heavy atom. The largest absolute Gasteiger partial charge is 0.330 e. The normalized spacial score (nSPS) is 16.5. The van der Waals surface area contributed by atoms with E-state index < -0.39 is 0 Å². The van der Waals surface area contributed by atoms with Crippen molar-refractivity contribution in [1.29, 1.82) is 0 Å². The fourth-order valence-electron chi connectivity index (χ4n) is 3.57. The van der Waals surface area contributed by atoms with Crippen molar-refractivity contribution in [3.8, 4) is 0 Å². The van der Waals surface area contributed by atoms with Gasteiger partial charge in [0.25, 0.3) is 5.91 Å². The molecule has 1 aromatic carbocycles. The molecule has 0 saturated carbocycles. The van der Waals surface area contributed by atoms with Crippen molar-refractivity contribution < 1.29 is 9.18 Å². The van der Waals surface area contributed by atoms with Gasteiger partial charge in [0.05, 0.1) is 17.3 Å². The van der Waals surface area contributed by atoms with Crippen molar-refractivity contribution in [2.24, 2.45) is 0 Å². The molecular formula is C22H20FN3O. The average molecular weight is 361 g/mol. The van der Waals surface area contributed by atoms with Crippen LogP contribution in [0.4, 0.5) is 4.39 Å². The minimum absolute atomic E-state index is 0.00339. The molecule has 0 spiro atoms. The first-order valence-electron chi connectivity index (χ1n) is 9.12. The summed E-state index contributed by atoms with van der Waals surface area (Å²) in [5, 5.41) is 0. The minimum atomic E-state index is -0.240. The predicted molar refractivity (Wildman–Crippen MR) is 101 cm³/mol. The molecule has 0 radical (unpaired) electrons. The summed E-state index contributed by atoms with van der Waals surface area (Å²) in [4.78, 5) is 23.6. The van der Waals surface area contributed by atoms with E-state index in [9.17, 15) is 9.18 Å². The zero-order valence-corrected chi connectivity index (χ0v) is 14.9. The van der Waals surface area contributed by atoms with Crippen molar-refractivity contribution in [3.05, 3.63) is 95.3 Å². The van der Waals surface area contributed by atoms with Crippen molar-refractivity contribution >= 4 is 5.91 Å². The van der Waals surface area contributed by atoms with E-state index in [1.165, 1.54) is 12.1 Å². The van der Waals surface area contributed by atoms with Crippen molar-refractivity contribution in [3.63, 3.8) is 0 Å². The van der Waals surface area contributed by atoms with Gasteiger partial charge in [0.2, 0.25) is 0 Å². The summed E-state index contributed by atoms with van der Waals surface area (Å²) in [6.07, 6.45) is 5.77. The smallest absolute Gasteiger partial charge is 0.255 e. The molecule has 27 heavy (non-hydrogen) atoms. The maximum absolute atomic E-state index is 13.1. The number of halogens is 1. The highest BCUT2D eigenvalue weighted by atomic mass is 19.1. The Kier molecular flexibility index (Phi) is 4.92. The molecule has 0 N–H and O–H groups in total. The molecule has 4 rings (SSSR count). The van der Waals surface area contributed by atoms with E-state index in [4.69, 9.17) is 4.98 Å². The molecule has 1 atom stereocenters. The van der Waals surface area contributed by atoms with E-state index in [0.717, 1.165) is 36.3 Å². The zero-order valence-electron chi connectivity index (χ0n) is 14.9. The Morgan fingerprint density at radius 3 is 2.74 bits per heavy atom. The van der Waals surface area contributed by atoms with Gasteiger partial charge >= 0.3 is 0 Å². The number of benzene rings is 1. The molecule has 1 fully saturated rings. The first kappa shape index (κ1) is 17.3. The number of aromatic nitrogens is 2. The van der Waals surface area contributed by atoms with Crippen LogP contribution in [0.2, 0.25) is 0 Å². The molecule has 0 aliphatic carbocycles. The lowest BCUT2D eigenvalue weighted by atomic mass is 10.1. The van der Waals surface area contributed by atoms with Gasteiger partial charge in [-0.05, 0) is 54.8 Å². The van der Waals surface area contributed by atoms with Gasteiger partial charge in [0.15, 0.2) is 0 Å². The van der Waals surface area contributed by atoms with E-state index in [-0.39, 0.29) is 17.8 Å². The highest BCUT2D eigenvalue weighted by Gasteiger charge is 2.31. The third-order valence-electron chi connectivity index (χ3n) is 4.89. The van der Waals surface area contributed by atoms with Crippen LogP contribution < -0.4 is 0 Å². The number of hydrogen-bond donors (Lipinski definition) is 0. The van der Waals surface area contributed by atoms with Crippen LogP contribution in [0.5, 0.6) is 0 Å². The van der Waals surface area contributed by atoms with Gasteiger partial charge in [-0.1, -0.05) is 18.2 Å². The number of hydrogen-bond acceptors (Lipinski definition) is 3. The van der Waals surface area contributed by atoms with Gasteiger partial charge in [-0.2, -0.15) is 0 Å². The van der Waals surface area contributed by atoms with Crippen LogP contribution in [0.15, 0.2) is 67.0 Å². The molecular weight excluding hydrogens is 341 g/mol. The topological polar surface area (TPSA) is 46.1 Å². The Balaban J connectivity index is 1.55. The highest BCUT2D eigenvalue weighted by molar-refractivity contribution is 5.94. The van der Waals surface area contributed by atoms with Crippen LogP contribution in [-0.2, 0) is 6.42 Å². The molecule has 3 aromatic rings. The lowest BCUT2D eigenvalue weighted by Gasteiger charge is -2.24. The molecule has 2 aromatic heterocycles. The lowest BCUT2D eigenvalue weighted by molar-refractivity contribution is 0.0732. The monoisotopic (exact) mass is 361 g/mol. The van der Waals surface area contributed by atoms with Gasteiger partial charge in [-0.3, -0.25) is 14.8 Å². The van der Waals surface area contributed by atoms with Crippen LogP contribution in [0.25, 0.3) is 0 Å². The van der Waals surface area contributed by atoms with Crippen LogP contribution in [0, 0.1) is 5.82 Å². The molecule has 5 heteroatoms. The van der Waals surface area contributed by atoms with Crippen LogP contribution >= 0.6 is 0 Å². The highest BCUT2D eigenvalue weighted by Crippen LogP contribution is 2.32. The summed E-state index contributed by atoms with van der Waals surface area (Å²) in [5.74, 6) is -0.243. The molecule has 1 aliphatic rings. The standard InChI is InChI=1S/C22H20FN3O/c23-18-10-8-16(9-11-18)14-19-5-1-6-20(25-19)21-7-3-13-26(21)22(27)17-4-2-12-24-15-17/h1-2,4-6,8-12,15,21H,3,7,13-14H2/t21-/m0/s1. The second-order valence-corrected chi connectivity index (χ2v) is 6.76. The summed E-state index contributed by atoms with van der Waals surface area (Å²) in [6.45, 7) is 0.724. The number of pyridine rings is 2. The molecule has 3 heterocycles. The number of nitrogens with zero attached hydrogens (tertiary/aromatic N) is 3. The first-order valence-corrected chi connectivity index (χ1v) is 9.12. The molecule has 1 saturated heterocycles. The Labute approximate surface area is 157 Å². The summed E-state index contributed by atoms with van der Waals surface area (Å²) >= 11 is 0. The third-order valence-corrected chi connectivity index (χ3v) is 4.89. The quantitative estimate of drug-likeness (QED) is 0.700. The van der Waals surface area contributed by atoms with Crippen molar-refractivity contribution in [2.45, 2.75) is 25.3 Å². The van der Waals surface area contributed by atoms with E-state index in [0.29, 0.717) is 12.0 Å². The first-order chi connectivity index (χ1) is 13.2. The fraction of sp³-hybridized carbons (Fsp3) is 0.227. The number of carbonyl (C=O) groups excluding carboxylic acids is 1. The van der Waals surface area contributed by atoms with Gasteiger partial charge < -0.3 is 4.90 Å². The Bertz CT molecular complexity index is 928. The number of amides is 1. The second-order valence-electron chi connectivity index (χ2n) is 6.76. The Morgan fingerprint density at radius 2 is 1.96 bits per heavy atom. The zero-order chi connectivity index (χ0) is 18.6. The van der Waals surface area contributed by atoms with Crippen LogP contribution in [0.3, 0.4) is 0 Å². The molecule has 4 nitrogen and oxygen atoms in total. The SMILES string of the molecule is O=C(c1cccnc1)N1CCC[C@H]1c1cccc(Cc2ccc(F)cc2)n1. The van der Waals surface area contributed by atoms with Crippen molar-refractivity contribution in [2.75, 3.05) is 6.54 Å². The fourth-order valence-corrected chi connectivity index (χ4v) is 3.57. The maximum atomic E-state index is 13.1.